The second-order valence-corrected chi connectivity index (χ2v) is 5.05. The Kier molecular flexibility index (Phi) is 9.17. The van der Waals surface area contributed by atoms with E-state index in [4.69, 9.17) is 4.74 Å². The van der Waals surface area contributed by atoms with Crippen LogP contribution in [0.4, 0.5) is 0 Å². The number of benzene rings is 1. The minimum Gasteiger partial charge on any atom is -0.508 e. The van der Waals surface area contributed by atoms with E-state index in [1.54, 1.807) is 6.07 Å². The van der Waals surface area contributed by atoms with Crippen molar-refractivity contribution in [2.45, 2.75) is 58.3 Å². The smallest absolute Gasteiger partial charge is 0.118 e. The number of para-hydroxylation sites is 1. The van der Waals surface area contributed by atoms with Gasteiger partial charge in [0.15, 0.2) is 0 Å². The van der Waals surface area contributed by atoms with Crippen LogP contribution in [-0.2, 0) is 11.2 Å². The van der Waals surface area contributed by atoms with E-state index >= 15 is 0 Å². The molecule has 0 aliphatic rings. The molecule has 0 aromatic heterocycles. The van der Waals surface area contributed by atoms with E-state index in [0.29, 0.717) is 5.75 Å². The van der Waals surface area contributed by atoms with Gasteiger partial charge in [0, 0.05) is 13.2 Å². The first-order chi connectivity index (χ1) is 9.34. The molecule has 0 aliphatic carbocycles. The molecule has 0 heterocycles. The number of aromatic hydroxyl groups is 1. The van der Waals surface area contributed by atoms with Gasteiger partial charge in [0.1, 0.15) is 5.75 Å². The fourth-order valence-corrected chi connectivity index (χ4v) is 2.27. The summed E-state index contributed by atoms with van der Waals surface area (Å²) in [5.74, 6) is 0.443. The van der Waals surface area contributed by atoms with E-state index in [1.807, 2.05) is 25.1 Å². The van der Waals surface area contributed by atoms with E-state index in [1.165, 1.54) is 44.9 Å². The highest BCUT2D eigenvalue weighted by atomic mass is 16.5. The highest BCUT2D eigenvalue weighted by Gasteiger charge is 1.99. The third-order valence-corrected chi connectivity index (χ3v) is 3.43. The molecule has 0 amide bonds. The summed E-state index contributed by atoms with van der Waals surface area (Å²) in [4.78, 5) is 0. The molecule has 0 atom stereocenters. The van der Waals surface area contributed by atoms with Gasteiger partial charge in [-0.05, 0) is 37.8 Å². The number of ether oxygens (including phenoxy) is 1. The molecular formula is C17H28O2. The van der Waals surface area contributed by atoms with Gasteiger partial charge in [-0.25, -0.2) is 0 Å². The Bertz CT molecular complexity index is 323. The average Bonchev–Trinajstić information content (AvgIpc) is 2.43. The molecule has 0 fully saturated rings. The predicted octanol–water partition coefficient (Wildman–Crippen LogP) is 4.70. The Morgan fingerprint density at radius 1 is 0.895 bits per heavy atom. The number of phenolic OH excluding ortho intramolecular Hbond substituents is 1. The Morgan fingerprint density at radius 2 is 1.53 bits per heavy atom. The highest BCUT2D eigenvalue weighted by molar-refractivity contribution is 5.31. The molecule has 1 aromatic rings. The van der Waals surface area contributed by atoms with Gasteiger partial charge in [-0.2, -0.15) is 0 Å². The quantitative estimate of drug-likeness (QED) is 0.587. The summed E-state index contributed by atoms with van der Waals surface area (Å²) in [6.07, 6.45) is 9.89. The Hall–Kier alpha value is -1.02. The molecule has 1 aromatic carbocycles. The SMILES string of the molecule is CCOCCCCCCCCCc1ccccc1O. The third kappa shape index (κ3) is 7.89. The topological polar surface area (TPSA) is 29.5 Å². The summed E-state index contributed by atoms with van der Waals surface area (Å²) in [5.41, 5.74) is 1.08. The predicted molar refractivity (Wildman–Crippen MR) is 80.6 cm³/mol. The molecule has 0 saturated heterocycles. The van der Waals surface area contributed by atoms with Gasteiger partial charge in [0.25, 0.3) is 0 Å². The van der Waals surface area contributed by atoms with E-state index in [2.05, 4.69) is 0 Å². The molecule has 2 heteroatoms. The Labute approximate surface area is 117 Å². The molecule has 1 N–H and O–H groups in total. The molecule has 0 unspecified atom stereocenters. The van der Waals surface area contributed by atoms with Gasteiger partial charge in [-0.15, -0.1) is 0 Å². The Morgan fingerprint density at radius 3 is 2.21 bits per heavy atom. The van der Waals surface area contributed by atoms with Crippen molar-refractivity contribution in [3.63, 3.8) is 0 Å². The van der Waals surface area contributed by atoms with Gasteiger partial charge in [-0.3, -0.25) is 0 Å². The first-order valence-electron chi connectivity index (χ1n) is 7.69. The average molecular weight is 264 g/mol. The van der Waals surface area contributed by atoms with Crippen molar-refractivity contribution in [1.29, 1.82) is 0 Å². The summed E-state index contributed by atoms with van der Waals surface area (Å²) in [6.45, 7) is 3.81. The second-order valence-electron chi connectivity index (χ2n) is 5.05. The fraction of sp³-hybridized carbons (Fsp3) is 0.647. The maximum Gasteiger partial charge on any atom is 0.118 e. The van der Waals surface area contributed by atoms with Crippen LogP contribution in [0, 0.1) is 0 Å². The third-order valence-electron chi connectivity index (χ3n) is 3.43. The van der Waals surface area contributed by atoms with Gasteiger partial charge in [-0.1, -0.05) is 50.3 Å². The van der Waals surface area contributed by atoms with Crippen LogP contribution in [0.3, 0.4) is 0 Å². The lowest BCUT2D eigenvalue weighted by Gasteiger charge is -2.04. The van der Waals surface area contributed by atoms with Crippen molar-refractivity contribution in [1.82, 2.24) is 0 Å². The van der Waals surface area contributed by atoms with Crippen molar-refractivity contribution < 1.29 is 9.84 Å². The maximum atomic E-state index is 9.64. The fourth-order valence-electron chi connectivity index (χ4n) is 2.27. The van der Waals surface area contributed by atoms with Crippen LogP contribution in [-0.4, -0.2) is 18.3 Å². The molecule has 108 valence electrons. The van der Waals surface area contributed by atoms with Crippen LogP contribution in [0.25, 0.3) is 0 Å². The first kappa shape index (κ1) is 16.0. The molecule has 0 saturated carbocycles. The van der Waals surface area contributed by atoms with E-state index < -0.39 is 0 Å². The first-order valence-corrected chi connectivity index (χ1v) is 7.69. The second kappa shape index (κ2) is 10.9. The number of phenols is 1. The summed E-state index contributed by atoms with van der Waals surface area (Å²) in [6, 6.07) is 7.66. The van der Waals surface area contributed by atoms with Crippen LogP contribution >= 0.6 is 0 Å². The van der Waals surface area contributed by atoms with Gasteiger partial charge >= 0.3 is 0 Å². The lowest BCUT2D eigenvalue weighted by Crippen LogP contribution is -1.93. The molecule has 1 rings (SSSR count). The standard InChI is InChI=1S/C17H28O2/c1-2-19-15-11-7-5-3-4-6-8-12-16-13-9-10-14-17(16)18/h9-10,13-14,18H,2-8,11-12,15H2,1H3. The molecule has 2 nitrogen and oxygen atoms in total. The van der Waals surface area contributed by atoms with Gasteiger partial charge in [0.2, 0.25) is 0 Å². The van der Waals surface area contributed by atoms with Crippen LogP contribution in [0.15, 0.2) is 24.3 Å². The van der Waals surface area contributed by atoms with E-state index in [9.17, 15) is 5.11 Å². The van der Waals surface area contributed by atoms with Crippen LogP contribution in [0.5, 0.6) is 5.75 Å². The number of hydrogen-bond acceptors (Lipinski definition) is 2. The van der Waals surface area contributed by atoms with Gasteiger partial charge in [0.05, 0.1) is 0 Å². The summed E-state index contributed by atoms with van der Waals surface area (Å²) < 4.78 is 5.32. The zero-order valence-electron chi connectivity index (χ0n) is 12.2. The summed E-state index contributed by atoms with van der Waals surface area (Å²) in [7, 11) is 0. The van der Waals surface area contributed by atoms with Crippen LogP contribution < -0.4 is 0 Å². The summed E-state index contributed by atoms with van der Waals surface area (Å²) >= 11 is 0. The van der Waals surface area contributed by atoms with Crippen LogP contribution in [0.1, 0.15) is 57.4 Å². The number of unbranched alkanes of at least 4 members (excludes halogenated alkanes) is 6. The van der Waals surface area contributed by atoms with Crippen molar-refractivity contribution in [2.24, 2.45) is 0 Å². The lowest BCUT2D eigenvalue weighted by molar-refractivity contribution is 0.143. The minimum atomic E-state index is 0.443. The Balaban J connectivity index is 1.90. The molecule has 0 bridgehead atoms. The van der Waals surface area contributed by atoms with Gasteiger partial charge < -0.3 is 9.84 Å². The minimum absolute atomic E-state index is 0.443. The van der Waals surface area contributed by atoms with Crippen LogP contribution in [0.2, 0.25) is 0 Å². The van der Waals surface area contributed by atoms with E-state index in [-0.39, 0.29) is 0 Å². The molecular weight excluding hydrogens is 236 g/mol. The van der Waals surface area contributed by atoms with E-state index in [0.717, 1.165) is 25.2 Å². The molecule has 0 spiro atoms. The molecule has 0 aliphatic heterocycles. The lowest BCUT2D eigenvalue weighted by atomic mass is 10.0. The largest absolute Gasteiger partial charge is 0.508 e. The molecule has 19 heavy (non-hydrogen) atoms. The van der Waals surface area contributed by atoms with Crippen molar-refractivity contribution >= 4 is 0 Å². The zero-order chi connectivity index (χ0) is 13.8. The number of aryl methyl sites for hydroxylation is 1. The summed E-state index contributed by atoms with van der Waals surface area (Å²) in [5, 5.41) is 9.64. The molecule has 0 radical (unpaired) electrons. The monoisotopic (exact) mass is 264 g/mol. The van der Waals surface area contributed by atoms with Crippen molar-refractivity contribution in [3.8, 4) is 5.75 Å². The van der Waals surface area contributed by atoms with Crippen molar-refractivity contribution in [3.05, 3.63) is 29.8 Å². The zero-order valence-corrected chi connectivity index (χ0v) is 12.2. The van der Waals surface area contributed by atoms with Crippen molar-refractivity contribution in [2.75, 3.05) is 13.2 Å². The highest BCUT2D eigenvalue weighted by Crippen LogP contribution is 2.18. The number of rotatable bonds is 11. The number of hydrogen-bond donors (Lipinski definition) is 1. The maximum absolute atomic E-state index is 9.64. The normalized spacial score (nSPS) is 10.8.